The van der Waals surface area contributed by atoms with Crippen molar-refractivity contribution in [2.24, 2.45) is 0 Å². The Hall–Kier alpha value is -0.0800. The van der Waals surface area contributed by atoms with E-state index in [1.807, 2.05) is 7.11 Å². The molecule has 0 aromatic carbocycles. The molecule has 0 aliphatic carbocycles. The maximum Gasteiger partial charge on any atom is 0.105 e. The Morgan fingerprint density at radius 1 is 1.23 bits per heavy atom. The molecule has 0 aromatic heterocycles. The minimum atomic E-state index is 0.415. The first-order valence-electron chi connectivity index (χ1n) is 5.60. The summed E-state index contributed by atoms with van der Waals surface area (Å²) in [5, 5.41) is 0. The molecule has 2 nitrogen and oxygen atoms in total. The van der Waals surface area contributed by atoms with Crippen molar-refractivity contribution >= 4 is 0 Å². The third-order valence-corrected chi connectivity index (χ3v) is 3.48. The minimum Gasteiger partial charge on any atom is -0.376 e. The molecule has 1 rings (SSSR count). The number of nitrogens with zero attached hydrogens (tertiary/aromatic N) is 1. The van der Waals surface area contributed by atoms with Crippen molar-refractivity contribution in [2.45, 2.75) is 39.2 Å². The monoisotopic (exact) mass is 186 g/mol. The van der Waals surface area contributed by atoms with E-state index in [0.29, 0.717) is 6.10 Å². The Bertz CT molecular complexity index is 141. The molecule has 0 N–H and O–H groups in total. The van der Waals surface area contributed by atoms with Gasteiger partial charge < -0.3 is 9.22 Å². The van der Waals surface area contributed by atoms with E-state index in [4.69, 9.17) is 4.74 Å². The lowest BCUT2D eigenvalue weighted by Crippen LogP contribution is -2.54. The van der Waals surface area contributed by atoms with Crippen LogP contribution in [0.5, 0.6) is 0 Å². The van der Waals surface area contributed by atoms with Gasteiger partial charge >= 0.3 is 0 Å². The maximum absolute atomic E-state index is 5.36. The minimum absolute atomic E-state index is 0.415. The van der Waals surface area contributed by atoms with Crippen LogP contribution in [-0.4, -0.2) is 43.9 Å². The molecule has 1 saturated heterocycles. The molecule has 1 heterocycles. The van der Waals surface area contributed by atoms with Gasteiger partial charge in [-0.1, -0.05) is 0 Å². The van der Waals surface area contributed by atoms with Crippen LogP contribution in [0.2, 0.25) is 0 Å². The summed E-state index contributed by atoms with van der Waals surface area (Å²) in [6, 6.07) is 0. The lowest BCUT2D eigenvalue weighted by Gasteiger charge is -2.42. The lowest BCUT2D eigenvalue weighted by atomic mass is 10.1. The van der Waals surface area contributed by atoms with Crippen LogP contribution in [-0.2, 0) is 4.74 Å². The molecule has 13 heavy (non-hydrogen) atoms. The Kier molecular flexibility index (Phi) is 4.20. The van der Waals surface area contributed by atoms with Gasteiger partial charge in [-0.2, -0.15) is 0 Å². The first-order valence-corrected chi connectivity index (χ1v) is 5.60. The maximum atomic E-state index is 5.36. The molecule has 78 valence electrons. The summed E-state index contributed by atoms with van der Waals surface area (Å²) in [7, 11) is 1.82. The summed E-state index contributed by atoms with van der Waals surface area (Å²) in [5.74, 6) is 0. The smallest absolute Gasteiger partial charge is 0.105 e. The van der Waals surface area contributed by atoms with Crippen molar-refractivity contribution in [3.63, 3.8) is 0 Å². The highest BCUT2D eigenvalue weighted by molar-refractivity contribution is 4.56. The van der Waals surface area contributed by atoms with Crippen LogP contribution in [0.4, 0.5) is 0 Å². The molecule has 1 atom stereocenters. The number of rotatable bonds is 4. The highest BCUT2D eigenvalue weighted by Gasteiger charge is 2.29. The Morgan fingerprint density at radius 2 is 1.85 bits per heavy atom. The van der Waals surface area contributed by atoms with E-state index in [0.717, 1.165) is 0 Å². The number of methoxy groups -OCH3 is 1. The third-order valence-electron chi connectivity index (χ3n) is 3.48. The van der Waals surface area contributed by atoms with Crippen molar-refractivity contribution in [2.75, 3.05) is 33.3 Å². The van der Waals surface area contributed by atoms with E-state index in [9.17, 15) is 0 Å². The highest BCUT2D eigenvalue weighted by Crippen LogP contribution is 2.19. The molecule has 1 aliphatic rings. The average Bonchev–Trinajstić information content (AvgIpc) is 2.19. The number of hydrogen-bond acceptors (Lipinski definition) is 1. The number of likely N-dealkylation sites (tertiary alicyclic amines) is 1. The van der Waals surface area contributed by atoms with Crippen molar-refractivity contribution in [3.05, 3.63) is 0 Å². The quantitative estimate of drug-likeness (QED) is 0.611. The summed E-state index contributed by atoms with van der Waals surface area (Å²) in [6.45, 7) is 9.70. The van der Waals surface area contributed by atoms with Crippen LogP contribution in [0, 0.1) is 0 Å². The van der Waals surface area contributed by atoms with Gasteiger partial charge in [0.15, 0.2) is 0 Å². The van der Waals surface area contributed by atoms with Crippen molar-refractivity contribution < 1.29 is 9.22 Å². The van der Waals surface area contributed by atoms with E-state index >= 15 is 0 Å². The number of quaternary nitrogens is 1. The average molecular weight is 186 g/mol. The van der Waals surface area contributed by atoms with E-state index in [1.165, 1.54) is 49.9 Å². The van der Waals surface area contributed by atoms with Crippen LogP contribution in [0.25, 0.3) is 0 Å². The fourth-order valence-corrected chi connectivity index (χ4v) is 2.43. The van der Waals surface area contributed by atoms with Crippen molar-refractivity contribution in [1.29, 1.82) is 0 Å². The van der Waals surface area contributed by atoms with Crippen molar-refractivity contribution in [3.8, 4) is 0 Å². The molecule has 1 fully saturated rings. The number of piperidine rings is 1. The highest BCUT2D eigenvalue weighted by atomic mass is 16.5. The van der Waals surface area contributed by atoms with E-state index in [1.54, 1.807) is 0 Å². The fourth-order valence-electron chi connectivity index (χ4n) is 2.43. The molecule has 0 bridgehead atoms. The lowest BCUT2D eigenvalue weighted by molar-refractivity contribution is -0.933. The molecule has 0 saturated carbocycles. The Balaban J connectivity index is 2.47. The van der Waals surface area contributed by atoms with E-state index in [2.05, 4.69) is 13.8 Å². The van der Waals surface area contributed by atoms with Gasteiger partial charge in [0.1, 0.15) is 12.6 Å². The molecule has 1 unspecified atom stereocenters. The second-order valence-electron chi connectivity index (χ2n) is 4.39. The van der Waals surface area contributed by atoms with Gasteiger partial charge in [-0.05, 0) is 33.1 Å². The molecule has 2 heteroatoms. The van der Waals surface area contributed by atoms with Crippen LogP contribution < -0.4 is 0 Å². The van der Waals surface area contributed by atoms with E-state index in [-0.39, 0.29) is 0 Å². The van der Waals surface area contributed by atoms with Gasteiger partial charge in [-0.15, -0.1) is 0 Å². The predicted octanol–water partition coefficient (Wildman–Crippen LogP) is 2.04. The largest absolute Gasteiger partial charge is 0.376 e. The van der Waals surface area contributed by atoms with Gasteiger partial charge in [0.05, 0.1) is 19.6 Å². The van der Waals surface area contributed by atoms with Crippen LogP contribution in [0.15, 0.2) is 0 Å². The summed E-state index contributed by atoms with van der Waals surface area (Å²) in [6.07, 6.45) is 4.66. The fraction of sp³-hybridized carbons (Fsp3) is 1.00. The number of likely N-dealkylation sites (N-methyl/N-ethyl adjacent to an activating group) is 1. The van der Waals surface area contributed by atoms with Crippen molar-refractivity contribution in [1.82, 2.24) is 0 Å². The van der Waals surface area contributed by atoms with Crippen LogP contribution in [0.3, 0.4) is 0 Å². The first-order chi connectivity index (χ1) is 6.22. The zero-order valence-electron chi connectivity index (χ0n) is 9.38. The van der Waals surface area contributed by atoms with Gasteiger partial charge in [0.2, 0.25) is 0 Å². The zero-order valence-corrected chi connectivity index (χ0v) is 9.38. The second-order valence-corrected chi connectivity index (χ2v) is 4.39. The van der Waals surface area contributed by atoms with Gasteiger partial charge in [-0.25, -0.2) is 0 Å². The summed E-state index contributed by atoms with van der Waals surface area (Å²) >= 11 is 0. The van der Waals surface area contributed by atoms with Gasteiger partial charge in [-0.3, -0.25) is 0 Å². The molecule has 0 spiro atoms. The zero-order chi connectivity index (χ0) is 9.73. The van der Waals surface area contributed by atoms with E-state index < -0.39 is 0 Å². The van der Waals surface area contributed by atoms with Gasteiger partial charge in [0.25, 0.3) is 0 Å². The standard InChI is InChI=1S/C11H24NO/c1-4-12(10-11(2)13-3)8-6-5-7-9-12/h11H,4-10H2,1-3H3/q+1. The Morgan fingerprint density at radius 3 is 2.31 bits per heavy atom. The number of hydrogen-bond donors (Lipinski definition) is 0. The molecule has 0 radical (unpaired) electrons. The second kappa shape index (κ2) is 4.97. The Labute approximate surface area is 82.5 Å². The van der Waals surface area contributed by atoms with Crippen LogP contribution >= 0.6 is 0 Å². The normalized spacial score (nSPS) is 24.2. The summed E-state index contributed by atoms with van der Waals surface area (Å²) < 4.78 is 6.65. The van der Waals surface area contributed by atoms with Gasteiger partial charge in [0, 0.05) is 7.11 Å². The molecule has 0 amide bonds. The van der Waals surface area contributed by atoms with Crippen LogP contribution in [0.1, 0.15) is 33.1 Å². The summed E-state index contributed by atoms with van der Waals surface area (Å²) in [5.41, 5.74) is 0. The molecular weight excluding hydrogens is 162 g/mol. The number of ether oxygens (including phenoxy) is 1. The summed E-state index contributed by atoms with van der Waals surface area (Å²) in [4.78, 5) is 0. The first kappa shape index (κ1) is 11.0. The topological polar surface area (TPSA) is 9.23 Å². The molecular formula is C11H24NO+. The molecule has 0 aromatic rings. The molecule has 1 aliphatic heterocycles. The third kappa shape index (κ3) is 2.96. The predicted molar refractivity (Wildman–Crippen MR) is 55.7 cm³/mol. The SMILES string of the molecule is CC[N+]1(CC(C)OC)CCCCC1.